The molecule has 0 saturated heterocycles. The van der Waals surface area contributed by atoms with Crippen LogP contribution in [0.25, 0.3) is 0 Å². The van der Waals surface area contributed by atoms with Crippen LogP contribution in [0.5, 0.6) is 0 Å². The predicted octanol–water partition coefficient (Wildman–Crippen LogP) is 4.54. The summed E-state index contributed by atoms with van der Waals surface area (Å²) in [5.74, 6) is 1.01. The lowest BCUT2D eigenvalue weighted by molar-refractivity contribution is 0.102. The first-order chi connectivity index (χ1) is 8.86. The van der Waals surface area contributed by atoms with Gasteiger partial charge in [0.1, 0.15) is 0 Å². The van der Waals surface area contributed by atoms with E-state index in [4.69, 9.17) is 0 Å². The van der Waals surface area contributed by atoms with Crippen LogP contribution in [0.1, 0.15) is 55.3 Å². The molecule has 3 rings (SSSR count). The van der Waals surface area contributed by atoms with Gasteiger partial charge in [-0.2, -0.15) is 0 Å². The fourth-order valence-corrected chi connectivity index (χ4v) is 3.51. The minimum Gasteiger partial charge on any atom is -0.289 e. The molecule has 0 amide bonds. The highest BCUT2D eigenvalue weighted by Crippen LogP contribution is 2.40. The summed E-state index contributed by atoms with van der Waals surface area (Å²) in [5.41, 5.74) is 3.52. The van der Waals surface area contributed by atoms with Crippen molar-refractivity contribution < 1.29 is 4.79 Å². The molecule has 1 aromatic rings. The van der Waals surface area contributed by atoms with Crippen molar-refractivity contribution in [1.29, 1.82) is 0 Å². The van der Waals surface area contributed by atoms with Gasteiger partial charge in [0.15, 0.2) is 5.78 Å². The number of hydrogen-bond acceptors (Lipinski definition) is 1. The Morgan fingerprint density at radius 2 is 1.72 bits per heavy atom. The molecule has 0 aromatic heterocycles. The van der Waals surface area contributed by atoms with Crippen LogP contribution in [0.4, 0.5) is 0 Å². The Hall–Kier alpha value is -1.37. The summed E-state index contributed by atoms with van der Waals surface area (Å²) in [6.07, 6.45) is 8.60. The third-order valence-electron chi connectivity index (χ3n) is 4.42. The highest BCUT2D eigenvalue weighted by molar-refractivity contribution is 6.09. The predicted molar refractivity (Wildman–Crippen MR) is 73.6 cm³/mol. The quantitative estimate of drug-likeness (QED) is 0.694. The van der Waals surface area contributed by atoms with E-state index in [9.17, 15) is 4.79 Å². The lowest BCUT2D eigenvalue weighted by atomic mass is 9.73. The van der Waals surface area contributed by atoms with Crippen molar-refractivity contribution in [2.45, 2.75) is 44.9 Å². The van der Waals surface area contributed by atoms with Crippen LogP contribution in [0.3, 0.4) is 0 Å². The summed E-state index contributed by atoms with van der Waals surface area (Å²) in [5, 5.41) is 0. The number of benzene rings is 1. The SMILES string of the molecule is O=C(C1=C2CCCCC2CCC1)c1ccccc1. The van der Waals surface area contributed by atoms with Crippen molar-refractivity contribution in [1.82, 2.24) is 0 Å². The number of carbonyl (C=O) groups excluding carboxylic acids is 1. The second kappa shape index (κ2) is 5.09. The normalized spacial score (nSPS) is 23.7. The second-order valence-electron chi connectivity index (χ2n) is 5.53. The van der Waals surface area contributed by atoms with Crippen molar-refractivity contribution in [3.63, 3.8) is 0 Å². The Labute approximate surface area is 109 Å². The maximum atomic E-state index is 12.6. The molecule has 94 valence electrons. The first kappa shape index (κ1) is 11.7. The van der Waals surface area contributed by atoms with Gasteiger partial charge >= 0.3 is 0 Å². The first-order valence-electron chi connectivity index (χ1n) is 7.18. The number of ketones is 1. The number of hydrogen-bond donors (Lipinski definition) is 0. The van der Waals surface area contributed by atoms with Crippen molar-refractivity contribution in [2.75, 3.05) is 0 Å². The number of carbonyl (C=O) groups is 1. The van der Waals surface area contributed by atoms with Gasteiger partial charge in [-0.05, 0) is 50.0 Å². The van der Waals surface area contributed by atoms with Gasteiger partial charge in [0.05, 0.1) is 0 Å². The van der Waals surface area contributed by atoms with Gasteiger partial charge in [-0.1, -0.05) is 42.3 Å². The van der Waals surface area contributed by atoms with Gasteiger partial charge in [0, 0.05) is 5.56 Å². The van der Waals surface area contributed by atoms with E-state index in [-0.39, 0.29) is 5.78 Å². The minimum atomic E-state index is 0.289. The maximum absolute atomic E-state index is 12.6. The lowest BCUT2D eigenvalue weighted by Crippen LogP contribution is -2.20. The van der Waals surface area contributed by atoms with Crippen LogP contribution in [0, 0.1) is 5.92 Å². The van der Waals surface area contributed by atoms with E-state index >= 15 is 0 Å². The molecular weight excluding hydrogens is 220 g/mol. The molecular formula is C17H20O. The molecule has 1 nitrogen and oxygen atoms in total. The molecule has 18 heavy (non-hydrogen) atoms. The monoisotopic (exact) mass is 240 g/mol. The third kappa shape index (κ3) is 2.14. The second-order valence-corrected chi connectivity index (χ2v) is 5.53. The number of allylic oxidation sites excluding steroid dienone is 2. The van der Waals surface area contributed by atoms with E-state index in [0.717, 1.165) is 23.5 Å². The van der Waals surface area contributed by atoms with Crippen molar-refractivity contribution in [3.8, 4) is 0 Å². The molecule has 0 aliphatic heterocycles. The molecule has 1 unspecified atom stereocenters. The number of fused-ring (bicyclic) bond motifs is 1. The molecule has 1 fully saturated rings. The van der Waals surface area contributed by atoms with Crippen LogP contribution in [0.2, 0.25) is 0 Å². The molecule has 0 bridgehead atoms. The van der Waals surface area contributed by atoms with E-state index in [1.165, 1.54) is 44.1 Å². The van der Waals surface area contributed by atoms with E-state index < -0.39 is 0 Å². The third-order valence-corrected chi connectivity index (χ3v) is 4.42. The molecule has 1 saturated carbocycles. The molecule has 2 aliphatic carbocycles. The van der Waals surface area contributed by atoms with Gasteiger partial charge in [0.2, 0.25) is 0 Å². The Kier molecular flexibility index (Phi) is 3.31. The zero-order chi connectivity index (χ0) is 12.4. The Balaban J connectivity index is 1.94. The van der Waals surface area contributed by atoms with E-state index in [0.29, 0.717) is 0 Å². The fourth-order valence-electron chi connectivity index (χ4n) is 3.51. The van der Waals surface area contributed by atoms with Crippen LogP contribution < -0.4 is 0 Å². The van der Waals surface area contributed by atoms with Crippen molar-refractivity contribution in [2.24, 2.45) is 5.92 Å². The molecule has 0 N–H and O–H groups in total. The maximum Gasteiger partial charge on any atom is 0.188 e. The summed E-state index contributed by atoms with van der Waals surface area (Å²) in [6, 6.07) is 9.78. The molecule has 2 aliphatic rings. The van der Waals surface area contributed by atoms with Crippen LogP contribution >= 0.6 is 0 Å². The molecule has 0 spiro atoms. The fraction of sp³-hybridized carbons (Fsp3) is 0.471. The largest absolute Gasteiger partial charge is 0.289 e. The van der Waals surface area contributed by atoms with E-state index in [1.807, 2.05) is 30.3 Å². The Morgan fingerprint density at radius 1 is 0.944 bits per heavy atom. The average molecular weight is 240 g/mol. The van der Waals surface area contributed by atoms with Crippen molar-refractivity contribution in [3.05, 3.63) is 47.0 Å². The zero-order valence-corrected chi connectivity index (χ0v) is 10.8. The zero-order valence-electron chi connectivity index (χ0n) is 10.8. The van der Waals surface area contributed by atoms with Crippen molar-refractivity contribution >= 4 is 5.78 Å². The van der Waals surface area contributed by atoms with E-state index in [1.54, 1.807) is 0 Å². The highest BCUT2D eigenvalue weighted by atomic mass is 16.1. The molecule has 1 aromatic carbocycles. The Morgan fingerprint density at radius 3 is 2.56 bits per heavy atom. The summed E-state index contributed by atoms with van der Waals surface area (Å²) in [7, 11) is 0. The smallest absolute Gasteiger partial charge is 0.188 e. The lowest BCUT2D eigenvalue weighted by Gasteiger charge is -2.32. The topological polar surface area (TPSA) is 17.1 Å². The summed E-state index contributed by atoms with van der Waals surface area (Å²) in [6.45, 7) is 0. The van der Waals surface area contributed by atoms with E-state index in [2.05, 4.69) is 0 Å². The van der Waals surface area contributed by atoms with Crippen LogP contribution in [-0.2, 0) is 0 Å². The summed E-state index contributed by atoms with van der Waals surface area (Å²) >= 11 is 0. The molecule has 1 heteroatoms. The Bertz CT molecular complexity index is 470. The first-order valence-corrected chi connectivity index (χ1v) is 7.18. The molecule has 0 heterocycles. The van der Waals surface area contributed by atoms with Gasteiger partial charge in [-0.15, -0.1) is 0 Å². The summed E-state index contributed by atoms with van der Waals surface area (Å²) < 4.78 is 0. The molecule has 0 radical (unpaired) electrons. The number of Topliss-reactive ketones (excluding diaryl/α,β-unsaturated/α-hetero) is 1. The highest BCUT2D eigenvalue weighted by Gasteiger charge is 2.28. The number of rotatable bonds is 2. The van der Waals surface area contributed by atoms with Gasteiger partial charge in [0.25, 0.3) is 0 Å². The van der Waals surface area contributed by atoms with Gasteiger partial charge in [-0.3, -0.25) is 4.79 Å². The molecule has 1 atom stereocenters. The van der Waals surface area contributed by atoms with Gasteiger partial charge < -0.3 is 0 Å². The standard InChI is InChI=1S/C17H20O/c18-17(14-8-2-1-3-9-14)16-12-6-10-13-7-4-5-11-15(13)16/h1-3,8-9,13H,4-7,10-12H2. The van der Waals surface area contributed by atoms with Crippen LogP contribution in [-0.4, -0.2) is 5.78 Å². The minimum absolute atomic E-state index is 0.289. The summed E-state index contributed by atoms with van der Waals surface area (Å²) in [4.78, 5) is 12.6. The average Bonchev–Trinajstić information content (AvgIpc) is 2.47. The van der Waals surface area contributed by atoms with Gasteiger partial charge in [-0.25, -0.2) is 0 Å². The van der Waals surface area contributed by atoms with Crippen LogP contribution in [0.15, 0.2) is 41.5 Å².